The van der Waals surface area contributed by atoms with Gasteiger partial charge in [-0.1, -0.05) is 24.3 Å². The van der Waals surface area contributed by atoms with E-state index in [9.17, 15) is 35.9 Å². The molecule has 2 unspecified atom stereocenters. The first-order valence-electron chi connectivity index (χ1n) is 11.9. The predicted octanol–water partition coefficient (Wildman–Crippen LogP) is 5.35. The summed E-state index contributed by atoms with van der Waals surface area (Å²) in [5, 5.41) is 8.83. The standard InChI is InChI=1S/C26H22F6N2O6/c1-2-38-23(36)24(12-18(24)22(35)34-37)11-14-3-5-15(6-4-14)13-39-20-10-21(25(27,28)29)33-19-8-7-16(9-17(19)20)40-26(30,31)32/h3-10,18,37H,2,11-13H2,1H3,(H,34,35). The Morgan fingerprint density at radius 3 is 2.33 bits per heavy atom. The number of rotatable bonds is 9. The lowest BCUT2D eigenvalue weighted by molar-refractivity contribution is -0.274. The number of hydrogen-bond donors (Lipinski definition) is 2. The van der Waals surface area contributed by atoms with Crippen molar-refractivity contribution < 1.29 is 55.3 Å². The van der Waals surface area contributed by atoms with Gasteiger partial charge in [-0.15, -0.1) is 13.2 Å². The lowest BCUT2D eigenvalue weighted by Crippen LogP contribution is -2.30. The van der Waals surface area contributed by atoms with Crippen LogP contribution in [0.1, 0.15) is 30.2 Å². The van der Waals surface area contributed by atoms with Crippen molar-refractivity contribution in [3.63, 3.8) is 0 Å². The Kier molecular flexibility index (Phi) is 7.83. The van der Waals surface area contributed by atoms with Crippen molar-refractivity contribution in [2.75, 3.05) is 6.61 Å². The molecule has 1 aromatic heterocycles. The monoisotopic (exact) mass is 572 g/mol. The fourth-order valence-corrected chi connectivity index (χ4v) is 4.41. The third-order valence-electron chi connectivity index (χ3n) is 6.39. The molecule has 40 heavy (non-hydrogen) atoms. The van der Waals surface area contributed by atoms with Crippen molar-refractivity contribution in [1.82, 2.24) is 10.5 Å². The second-order valence-electron chi connectivity index (χ2n) is 9.12. The highest BCUT2D eigenvalue weighted by Crippen LogP contribution is 2.56. The zero-order chi connectivity index (χ0) is 29.3. The summed E-state index contributed by atoms with van der Waals surface area (Å²) in [7, 11) is 0. The van der Waals surface area contributed by atoms with Gasteiger partial charge in [0.05, 0.1) is 23.5 Å². The van der Waals surface area contributed by atoms with E-state index >= 15 is 0 Å². The Labute approximate surface area is 222 Å². The molecule has 1 aliphatic carbocycles. The molecule has 2 atom stereocenters. The van der Waals surface area contributed by atoms with Crippen molar-refractivity contribution in [1.29, 1.82) is 0 Å². The Morgan fingerprint density at radius 1 is 1.05 bits per heavy atom. The minimum absolute atomic E-state index is 0.105. The van der Waals surface area contributed by atoms with E-state index in [1.165, 1.54) is 0 Å². The molecule has 8 nitrogen and oxygen atoms in total. The maximum Gasteiger partial charge on any atom is 0.573 e. The van der Waals surface area contributed by atoms with Gasteiger partial charge in [0.2, 0.25) is 5.91 Å². The summed E-state index contributed by atoms with van der Waals surface area (Å²) in [6, 6.07) is 9.74. The average molecular weight is 572 g/mol. The molecule has 4 rings (SSSR count). The van der Waals surface area contributed by atoms with Gasteiger partial charge in [-0.05, 0) is 49.1 Å². The average Bonchev–Trinajstić information content (AvgIpc) is 3.61. The van der Waals surface area contributed by atoms with E-state index in [0.717, 1.165) is 18.2 Å². The normalized spacial score (nSPS) is 18.8. The van der Waals surface area contributed by atoms with Gasteiger partial charge < -0.3 is 14.2 Å². The highest BCUT2D eigenvalue weighted by Gasteiger charge is 2.64. The summed E-state index contributed by atoms with van der Waals surface area (Å²) in [5.41, 5.74) is 0.0161. The third kappa shape index (κ3) is 6.38. The van der Waals surface area contributed by atoms with Gasteiger partial charge in [0.15, 0.2) is 0 Å². The fourth-order valence-electron chi connectivity index (χ4n) is 4.41. The van der Waals surface area contributed by atoms with Gasteiger partial charge in [0.1, 0.15) is 23.8 Å². The largest absolute Gasteiger partial charge is 0.573 e. The van der Waals surface area contributed by atoms with Crippen LogP contribution in [0.15, 0.2) is 48.5 Å². The van der Waals surface area contributed by atoms with E-state index in [1.54, 1.807) is 36.7 Å². The summed E-state index contributed by atoms with van der Waals surface area (Å²) >= 11 is 0. The second-order valence-corrected chi connectivity index (χ2v) is 9.12. The number of carbonyl (C=O) groups is 2. The van der Waals surface area contributed by atoms with E-state index in [2.05, 4.69) is 9.72 Å². The topological polar surface area (TPSA) is 107 Å². The first-order valence-corrected chi connectivity index (χ1v) is 11.9. The van der Waals surface area contributed by atoms with Crippen molar-refractivity contribution in [2.24, 2.45) is 11.3 Å². The number of hydroxylamine groups is 1. The van der Waals surface area contributed by atoms with Crippen LogP contribution in [-0.2, 0) is 33.5 Å². The Morgan fingerprint density at radius 2 is 1.73 bits per heavy atom. The van der Waals surface area contributed by atoms with Gasteiger partial charge in [-0.25, -0.2) is 10.5 Å². The van der Waals surface area contributed by atoms with Crippen molar-refractivity contribution in [2.45, 2.75) is 38.9 Å². The molecule has 0 aliphatic heterocycles. The fraction of sp³-hybridized carbons (Fsp3) is 0.346. The van der Waals surface area contributed by atoms with E-state index in [0.29, 0.717) is 17.2 Å². The summed E-state index contributed by atoms with van der Waals surface area (Å²) in [5.74, 6) is -3.06. The number of fused-ring (bicyclic) bond motifs is 1. The Bertz CT molecular complexity index is 1410. The molecule has 0 bridgehead atoms. The van der Waals surface area contributed by atoms with Crippen LogP contribution >= 0.6 is 0 Å². The summed E-state index contributed by atoms with van der Waals surface area (Å²) in [4.78, 5) is 27.9. The quantitative estimate of drug-likeness (QED) is 0.154. The highest BCUT2D eigenvalue weighted by molar-refractivity contribution is 5.93. The number of esters is 1. The van der Waals surface area contributed by atoms with E-state index in [-0.39, 0.29) is 42.7 Å². The number of halogens is 6. The molecule has 1 saturated carbocycles. The maximum atomic E-state index is 13.4. The number of aromatic nitrogens is 1. The van der Waals surface area contributed by atoms with Crippen LogP contribution in [0.5, 0.6) is 11.5 Å². The van der Waals surface area contributed by atoms with Crippen LogP contribution < -0.4 is 15.0 Å². The number of ether oxygens (including phenoxy) is 3. The molecule has 2 N–H and O–H groups in total. The smallest absolute Gasteiger partial charge is 0.488 e. The van der Waals surface area contributed by atoms with Crippen LogP contribution in [0, 0.1) is 11.3 Å². The third-order valence-corrected chi connectivity index (χ3v) is 6.39. The SMILES string of the molecule is CCOC(=O)C1(Cc2ccc(COc3cc(C(F)(F)F)nc4ccc(OC(F)(F)F)cc34)cc2)CC1C(=O)NO. The van der Waals surface area contributed by atoms with Crippen LogP contribution in [0.2, 0.25) is 0 Å². The van der Waals surface area contributed by atoms with Crippen molar-refractivity contribution in [3.8, 4) is 11.5 Å². The lowest BCUT2D eigenvalue weighted by Gasteiger charge is -2.16. The number of carbonyl (C=O) groups excluding carboxylic acids is 2. The number of hydrogen-bond acceptors (Lipinski definition) is 7. The Balaban J connectivity index is 1.55. The molecule has 1 aliphatic rings. The zero-order valence-electron chi connectivity index (χ0n) is 20.7. The van der Waals surface area contributed by atoms with Crippen molar-refractivity contribution in [3.05, 3.63) is 65.4 Å². The van der Waals surface area contributed by atoms with Crippen LogP contribution in [-0.4, -0.2) is 35.0 Å². The number of nitrogens with one attached hydrogen (secondary N) is 1. The molecule has 1 heterocycles. The van der Waals surface area contributed by atoms with Gasteiger partial charge >= 0.3 is 18.5 Å². The van der Waals surface area contributed by atoms with Crippen LogP contribution in [0.25, 0.3) is 10.9 Å². The van der Waals surface area contributed by atoms with E-state index in [1.807, 2.05) is 0 Å². The van der Waals surface area contributed by atoms with Crippen molar-refractivity contribution >= 4 is 22.8 Å². The molecular formula is C26H22F6N2O6. The number of alkyl halides is 6. The van der Waals surface area contributed by atoms with Crippen LogP contribution in [0.3, 0.4) is 0 Å². The molecule has 1 amide bonds. The lowest BCUT2D eigenvalue weighted by atomic mass is 9.93. The first-order chi connectivity index (χ1) is 18.8. The maximum absolute atomic E-state index is 13.4. The molecule has 0 radical (unpaired) electrons. The van der Waals surface area contributed by atoms with Gasteiger partial charge in [-0.3, -0.25) is 14.8 Å². The minimum atomic E-state index is -5.01. The van der Waals surface area contributed by atoms with Crippen LogP contribution in [0.4, 0.5) is 26.3 Å². The van der Waals surface area contributed by atoms with Gasteiger partial charge in [0.25, 0.3) is 0 Å². The van der Waals surface area contributed by atoms with Gasteiger partial charge in [0, 0.05) is 11.5 Å². The highest BCUT2D eigenvalue weighted by atomic mass is 19.4. The molecule has 3 aromatic rings. The minimum Gasteiger partial charge on any atom is -0.488 e. The van der Waals surface area contributed by atoms with Gasteiger partial charge in [-0.2, -0.15) is 13.2 Å². The summed E-state index contributed by atoms with van der Waals surface area (Å²) in [6.07, 6.45) is -9.53. The molecule has 14 heteroatoms. The number of pyridine rings is 1. The number of amides is 1. The predicted molar refractivity (Wildman–Crippen MR) is 125 cm³/mol. The second kappa shape index (κ2) is 10.8. The summed E-state index contributed by atoms with van der Waals surface area (Å²) < 4.78 is 92.7. The summed E-state index contributed by atoms with van der Waals surface area (Å²) in [6.45, 7) is 1.48. The molecule has 1 fully saturated rings. The molecule has 214 valence electrons. The Hall–Kier alpha value is -4.07. The number of nitrogens with zero attached hydrogens (tertiary/aromatic N) is 1. The molecular weight excluding hydrogens is 550 g/mol. The van der Waals surface area contributed by atoms with E-state index < -0.39 is 47.2 Å². The van der Waals surface area contributed by atoms with E-state index in [4.69, 9.17) is 14.7 Å². The zero-order valence-corrected chi connectivity index (χ0v) is 20.7. The molecule has 0 spiro atoms. The molecule has 2 aromatic carbocycles. The number of benzene rings is 2. The first kappa shape index (κ1) is 28.9. The molecule has 0 saturated heterocycles.